The number of aliphatic carboxylic acids is 1. The number of benzene rings is 3. The summed E-state index contributed by atoms with van der Waals surface area (Å²) in [4.78, 5) is 26.2. The van der Waals surface area contributed by atoms with Crippen LogP contribution in [0.5, 0.6) is 0 Å². The van der Waals surface area contributed by atoms with Gasteiger partial charge < -0.3 is 15.3 Å². The summed E-state index contributed by atoms with van der Waals surface area (Å²) in [5, 5.41) is 14.0. The van der Waals surface area contributed by atoms with E-state index in [1.54, 1.807) is 0 Å². The molecule has 5 nitrogen and oxygen atoms in total. The van der Waals surface area contributed by atoms with Gasteiger partial charge in [0, 0.05) is 28.7 Å². The van der Waals surface area contributed by atoms with Gasteiger partial charge in [-0.1, -0.05) is 79.3 Å². The number of carbonyl (C=O) groups excluding carboxylic acids is 1. The van der Waals surface area contributed by atoms with Gasteiger partial charge in [0.05, 0.1) is 4.91 Å². The molecule has 0 radical (unpaired) electrons. The average Bonchev–Trinajstić information content (AvgIpc) is 3.20. The molecule has 0 bridgehead atoms. The number of allylic oxidation sites excluding steroid dienone is 1. The van der Waals surface area contributed by atoms with Crippen LogP contribution >= 0.6 is 24.0 Å². The van der Waals surface area contributed by atoms with Crippen molar-refractivity contribution in [2.75, 3.05) is 11.4 Å². The van der Waals surface area contributed by atoms with Crippen LogP contribution in [0.2, 0.25) is 0 Å². The highest BCUT2D eigenvalue weighted by atomic mass is 32.2. The molecule has 0 saturated heterocycles. The second-order valence-electron chi connectivity index (χ2n) is 9.35. The van der Waals surface area contributed by atoms with Gasteiger partial charge in [0.15, 0.2) is 5.78 Å². The fraction of sp³-hybridized carbons (Fsp3) is 0.276. The Morgan fingerprint density at radius 3 is 2.67 bits per heavy atom. The van der Waals surface area contributed by atoms with Gasteiger partial charge in [-0.15, -0.1) is 0 Å². The lowest BCUT2D eigenvalue weighted by molar-refractivity contribution is -0.135. The van der Waals surface area contributed by atoms with Crippen molar-refractivity contribution in [3.05, 3.63) is 76.7 Å². The number of thioether (sulfide) groups is 1. The lowest BCUT2D eigenvalue weighted by atomic mass is 9.82. The van der Waals surface area contributed by atoms with Gasteiger partial charge >= 0.3 is 5.97 Å². The molecule has 1 fully saturated rings. The summed E-state index contributed by atoms with van der Waals surface area (Å²) in [6, 6.07) is 22.0. The van der Waals surface area contributed by atoms with E-state index in [0.29, 0.717) is 16.9 Å². The van der Waals surface area contributed by atoms with Gasteiger partial charge in [-0.2, -0.15) is 0 Å². The number of anilines is 2. The maximum absolute atomic E-state index is 12.3. The third kappa shape index (κ3) is 4.90. The molecule has 2 unspecified atom stereocenters. The summed E-state index contributed by atoms with van der Waals surface area (Å²) in [6.45, 7) is 1.23. The molecule has 2 atom stereocenters. The summed E-state index contributed by atoms with van der Waals surface area (Å²) >= 11 is 6.34. The number of carboxylic acids is 1. The Kier molecular flexibility index (Phi) is 7.12. The van der Waals surface area contributed by atoms with E-state index in [4.69, 9.17) is 17.3 Å². The predicted octanol–water partition coefficient (Wildman–Crippen LogP) is 6.64. The number of carbonyl (C=O) groups is 2. The minimum atomic E-state index is -0.997. The Morgan fingerprint density at radius 2 is 1.86 bits per heavy atom. The molecule has 36 heavy (non-hydrogen) atoms. The second-order valence-corrected chi connectivity index (χ2v) is 11.1. The van der Waals surface area contributed by atoms with E-state index in [9.17, 15) is 9.59 Å². The maximum Gasteiger partial charge on any atom is 0.322 e. The largest absolute Gasteiger partial charge is 0.480 e. The fourth-order valence-electron chi connectivity index (χ4n) is 5.51. The number of hydrogen-bond donors (Lipinski definition) is 2. The zero-order valence-electron chi connectivity index (χ0n) is 20.1. The third-order valence-corrected chi connectivity index (χ3v) is 8.38. The summed E-state index contributed by atoms with van der Waals surface area (Å²) < 4.78 is 0.273. The molecule has 3 aromatic rings. The number of nitrogens with zero attached hydrogens (tertiary/aromatic N) is 1. The number of carboxylic acid groups (broad SMARTS) is 1. The Bertz CT molecular complexity index is 1380. The molecule has 3 aromatic carbocycles. The van der Waals surface area contributed by atoms with Crippen molar-refractivity contribution in [3.63, 3.8) is 0 Å². The van der Waals surface area contributed by atoms with Gasteiger partial charge in [-0.3, -0.25) is 9.59 Å². The SMILES string of the molecule is CC(=O)/C(=C/c1ccc2c(c1)C1CCCCC1N2c1cccc2ccccc12)SC(=S)NCC(=O)O. The molecular weight excluding hydrogens is 488 g/mol. The molecule has 0 amide bonds. The highest BCUT2D eigenvalue weighted by Gasteiger charge is 2.40. The van der Waals surface area contributed by atoms with Gasteiger partial charge in [-0.05, 0) is 60.6 Å². The van der Waals surface area contributed by atoms with E-state index in [1.165, 1.54) is 47.5 Å². The molecule has 0 spiro atoms. The topological polar surface area (TPSA) is 69.6 Å². The molecule has 2 aliphatic rings. The van der Waals surface area contributed by atoms with Crippen LogP contribution in [0.25, 0.3) is 16.8 Å². The van der Waals surface area contributed by atoms with Crippen molar-refractivity contribution in [1.82, 2.24) is 5.32 Å². The van der Waals surface area contributed by atoms with Crippen molar-refractivity contribution in [2.45, 2.75) is 44.6 Å². The van der Waals surface area contributed by atoms with E-state index in [0.717, 1.165) is 30.2 Å². The molecule has 1 heterocycles. The Hall–Kier alpha value is -3.16. The van der Waals surface area contributed by atoms with Gasteiger partial charge in [-0.25, -0.2) is 0 Å². The summed E-state index contributed by atoms with van der Waals surface area (Å²) in [6.07, 6.45) is 6.63. The highest BCUT2D eigenvalue weighted by molar-refractivity contribution is 8.26. The normalized spacial score (nSPS) is 19.0. The molecule has 7 heteroatoms. The number of nitrogens with one attached hydrogen (secondary N) is 1. The summed E-state index contributed by atoms with van der Waals surface area (Å²) in [5.74, 6) is -0.650. The summed E-state index contributed by atoms with van der Waals surface area (Å²) in [7, 11) is 0. The molecule has 5 rings (SSSR count). The van der Waals surface area contributed by atoms with Crippen LogP contribution in [0.4, 0.5) is 11.4 Å². The lowest BCUT2D eigenvalue weighted by Gasteiger charge is -2.34. The molecule has 1 saturated carbocycles. The number of ketones is 1. The van der Waals surface area contributed by atoms with E-state index in [2.05, 4.69) is 70.9 Å². The number of Topliss-reactive ketones (excluding diaryl/α,β-unsaturated/α-hetero) is 1. The fourth-order valence-corrected chi connectivity index (χ4v) is 6.53. The van der Waals surface area contributed by atoms with Crippen LogP contribution in [0.1, 0.15) is 49.7 Å². The average molecular weight is 517 g/mol. The molecule has 1 aliphatic heterocycles. The van der Waals surface area contributed by atoms with E-state index in [-0.39, 0.29) is 16.6 Å². The highest BCUT2D eigenvalue weighted by Crippen LogP contribution is 2.52. The quantitative estimate of drug-likeness (QED) is 0.281. The zero-order chi connectivity index (χ0) is 25.2. The number of rotatable bonds is 6. The zero-order valence-corrected chi connectivity index (χ0v) is 21.7. The van der Waals surface area contributed by atoms with Gasteiger partial charge in [0.1, 0.15) is 10.9 Å². The first-order chi connectivity index (χ1) is 17.4. The number of thiocarbonyl (C=S) groups is 1. The maximum atomic E-state index is 12.3. The monoisotopic (exact) mass is 516 g/mol. The molecule has 2 N–H and O–H groups in total. The van der Waals surface area contributed by atoms with E-state index >= 15 is 0 Å². The Morgan fingerprint density at radius 1 is 1.08 bits per heavy atom. The van der Waals surface area contributed by atoms with Gasteiger partial charge in [0.2, 0.25) is 0 Å². The molecule has 1 aliphatic carbocycles. The Labute approximate surface area is 220 Å². The van der Waals surface area contributed by atoms with E-state index < -0.39 is 5.97 Å². The Balaban J connectivity index is 1.52. The minimum absolute atomic E-state index is 0.104. The standard InChI is InChI=1S/C29H28N2O3S2/c1-18(32)27(36-29(35)30-17-28(33)34)16-19-13-14-26-23(15-19)22-10-4-5-11-25(22)31(26)24-12-6-8-20-7-2-3-9-21(20)24/h2-3,6-9,12-16,22,25H,4-5,10-11,17H2,1H3,(H,30,35)(H,33,34)/b27-16-. The van der Waals surface area contributed by atoms with Crippen molar-refractivity contribution in [1.29, 1.82) is 0 Å². The molecular formula is C29H28N2O3S2. The predicted molar refractivity (Wildman–Crippen MR) is 152 cm³/mol. The van der Waals surface area contributed by atoms with Gasteiger partial charge in [0.25, 0.3) is 0 Å². The van der Waals surface area contributed by atoms with Crippen LogP contribution in [-0.2, 0) is 9.59 Å². The first-order valence-corrected chi connectivity index (χ1v) is 13.5. The first-order valence-electron chi connectivity index (χ1n) is 12.2. The minimum Gasteiger partial charge on any atom is -0.480 e. The van der Waals surface area contributed by atoms with Crippen molar-refractivity contribution < 1.29 is 14.7 Å². The van der Waals surface area contributed by atoms with Crippen LogP contribution in [0.15, 0.2) is 65.6 Å². The third-order valence-electron chi connectivity index (χ3n) is 7.03. The van der Waals surface area contributed by atoms with Crippen molar-refractivity contribution in [3.8, 4) is 0 Å². The van der Waals surface area contributed by atoms with Crippen molar-refractivity contribution >= 4 is 68.3 Å². The van der Waals surface area contributed by atoms with Crippen LogP contribution in [0.3, 0.4) is 0 Å². The second kappa shape index (κ2) is 10.4. The number of fused-ring (bicyclic) bond motifs is 4. The molecule has 184 valence electrons. The number of hydrogen-bond acceptors (Lipinski definition) is 5. The molecule has 0 aromatic heterocycles. The van der Waals surface area contributed by atoms with Crippen LogP contribution < -0.4 is 10.2 Å². The smallest absolute Gasteiger partial charge is 0.322 e. The first kappa shape index (κ1) is 24.5. The van der Waals surface area contributed by atoms with Crippen LogP contribution in [0, 0.1) is 0 Å². The summed E-state index contributed by atoms with van der Waals surface area (Å²) in [5.41, 5.74) is 4.79. The van der Waals surface area contributed by atoms with Crippen LogP contribution in [-0.4, -0.2) is 33.8 Å². The lowest BCUT2D eigenvalue weighted by Crippen LogP contribution is -2.32. The van der Waals surface area contributed by atoms with Crippen molar-refractivity contribution in [2.24, 2.45) is 0 Å². The van der Waals surface area contributed by atoms with E-state index in [1.807, 2.05) is 6.08 Å².